The highest BCUT2D eigenvalue weighted by atomic mass is 35.5. The number of benzene rings is 2. The minimum absolute atomic E-state index is 0. The number of nitrogens with one attached hydrogen (secondary N) is 1. The fourth-order valence-corrected chi connectivity index (χ4v) is 2.39. The van der Waals surface area contributed by atoms with Crippen LogP contribution in [-0.2, 0) is 0 Å². The van der Waals surface area contributed by atoms with Crippen LogP contribution < -0.4 is 19.5 Å². The summed E-state index contributed by atoms with van der Waals surface area (Å²) in [6.45, 7) is 0.980. The maximum atomic E-state index is 12.7. The molecule has 1 heterocycles. The molecule has 0 aromatic heterocycles. The highest BCUT2D eigenvalue weighted by Crippen LogP contribution is 2.38. The van der Waals surface area contributed by atoms with Crippen molar-refractivity contribution in [1.29, 1.82) is 0 Å². The van der Waals surface area contributed by atoms with E-state index in [1.54, 1.807) is 0 Å². The van der Waals surface area contributed by atoms with Crippen molar-refractivity contribution in [3.63, 3.8) is 0 Å². The topological polar surface area (TPSA) is 39.7 Å². The molecule has 0 radical (unpaired) electrons. The molecule has 1 saturated heterocycles. The van der Waals surface area contributed by atoms with Crippen LogP contribution >= 0.6 is 12.4 Å². The number of hydrogen-bond donors (Lipinski definition) is 1. The van der Waals surface area contributed by atoms with E-state index in [9.17, 15) is 26.3 Å². The zero-order valence-corrected chi connectivity index (χ0v) is 14.8. The maximum absolute atomic E-state index is 12.7. The predicted molar refractivity (Wildman–Crippen MR) is 89.8 cm³/mol. The molecule has 0 saturated carbocycles. The molecule has 4 nitrogen and oxygen atoms in total. The van der Waals surface area contributed by atoms with Gasteiger partial charge in [-0.1, -0.05) is 18.2 Å². The first-order valence-corrected chi connectivity index (χ1v) is 7.72. The van der Waals surface area contributed by atoms with E-state index in [1.807, 2.05) is 0 Å². The lowest BCUT2D eigenvalue weighted by Crippen LogP contribution is -2.50. The first-order valence-electron chi connectivity index (χ1n) is 7.72. The summed E-state index contributed by atoms with van der Waals surface area (Å²) in [6.07, 6.45) is -10.1. The Morgan fingerprint density at radius 3 is 2.00 bits per heavy atom. The van der Waals surface area contributed by atoms with Crippen LogP contribution in [0.15, 0.2) is 42.5 Å². The first kappa shape index (κ1) is 22.0. The van der Waals surface area contributed by atoms with Crippen LogP contribution in [-0.4, -0.2) is 31.9 Å². The van der Waals surface area contributed by atoms with E-state index in [2.05, 4.69) is 14.8 Å². The van der Waals surface area contributed by atoms with Gasteiger partial charge in [-0.05, 0) is 35.4 Å². The van der Waals surface area contributed by atoms with Crippen LogP contribution in [0.3, 0.4) is 0 Å². The minimum atomic E-state index is -4.95. The Bertz CT molecular complexity index is 808. The zero-order chi connectivity index (χ0) is 19.7. The van der Waals surface area contributed by atoms with E-state index >= 15 is 0 Å². The normalized spacial score (nSPS) is 14.6. The number of rotatable bonds is 5. The molecular formula is C17H14ClF6NO3. The Kier molecular flexibility index (Phi) is 6.56. The van der Waals surface area contributed by atoms with E-state index in [0.29, 0.717) is 13.1 Å². The summed E-state index contributed by atoms with van der Waals surface area (Å²) in [4.78, 5) is 0. The summed E-state index contributed by atoms with van der Waals surface area (Å²) in [5, 5.41) is 2.92. The third-order valence-corrected chi connectivity index (χ3v) is 3.61. The smallest absolute Gasteiger partial charge is 0.484 e. The molecule has 0 spiro atoms. The second-order valence-electron chi connectivity index (χ2n) is 5.68. The van der Waals surface area contributed by atoms with Crippen molar-refractivity contribution in [1.82, 2.24) is 5.32 Å². The molecule has 154 valence electrons. The van der Waals surface area contributed by atoms with Gasteiger partial charge in [0.05, 0.1) is 0 Å². The summed E-state index contributed by atoms with van der Waals surface area (Å²) in [5.41, 5.74) is 0.432. The fourth-order valence-electron chi connectivity index (χ4n) is 2.39. The maximum Gasteiger partial charge on any atom is 0.573 e. The van der Waals surface area contributed by atoms with E-state index < -0.39 is 24.2 Å². The van der Waals surface area contributed by atoms with E-state index in [0.717, 1.165) is 18.2 Å². The summed E-state index contributed by atoms with van der Waals surface area (Å²) >= 11 is 0. The van der Waals surface area contributed by atoms with Gasteiger partial charge in [-0.15, -0.1) is 38.7 Å². The SMILES string of the molecule is Cl.FC(F)(F)Oc1cccc(-c2ccc(OC3CNC3)c(OC(F)(F)F)c2)c1. The highest BCUT2D eigenvalue weighted by molar-refractivity contribution is 5.85. The molecular weight excluding hydrogens is 416 g/mol. The molecule has 0 aliphatic carbocycles. The van der Waals surface area contributed by atoms with E-state index in [4.69, 9.17) is 4.74 Å². The zero-order valence-electron chi connectivity index (χ0n) is 13.9. The van der Waals surface area contributed by atoms with Crippen LogP contribution in [0.4, 0.5) is 26.3 Å². The lowest BCUT2D eigenvalue weighted by atomic mass is 10.0. The molecule has 1 fully saturated rings. The van der Waals surface area contributed by atoms with Gasteiger partial charge < -0.3 is 19.5 Å². The van der Waals surface area contributed by atoms with E-state index in [1.165, 1.54) is 24.3 Å². The molecule has 0 atom stereocenters. The van der Waals surface area contributed by atoms with Crippen molar-refractivity contribution in [3.05, 3.63) is 42.5 Å². The molecule has 2 aromatic carbocycles. The number of ether oxygens (including phenoxy) is 3. The molecule has 1 N–H and O–H groups in total. The van der Waals surface area contributed by atoms with Gasteiger partial charge >= 0.3 is 12.7 Å². The molecule has 1 aliphatic rings. The van der Waals surface area contributed by atoms with Gasteiger partial charge in [-0.25, -0.2) is 0 Å². The summed E-state index contributed by atoms with van der Waals surface area (Å²) in [6, 6.07) is 8.66. The van der Waals surface area contributed by atoms with Crippen molar-refractivity contribution in [3.8, 4) is 28.4 Å². The standard InChI is InChI=1S/C17H13F6NO3.ClH/c18-16(19,20)26-12-3-1-2-10(6-12)11-4-5-14(25-13-8-24-9-13)15(7-11)27-17(21,22)23;/h1-7,13,24H,8-9H2;1H. The largest absolute Gasteiger partial charge is 0.573 e. The molecule has 11 heteroatoms. The quantitative estimate of drug-likeness (QED) is 0.685. The second kappa shape index (κ2) is 8.36. The fraction of sp³-hybridized carbons (Fsp3) is 0.294. The summed E-state index contributed by atoms with van der Waals surface area (Å²) in [5.74, 6) is -1.17. The molecule has 0 bridgehead atoms. The predicted octanol–water partition coefficient (Wildman–Crippen LogP) is 4.92. The lowest BCUT2D eigenvalue weighted by molar-refractivity contribution is -0.276. The van der Waals surface area contributed by atoms with Crippen LogP contribution in [0.5, 0.6) is 17.2 Å². The number of hydrogen-bond acceptors (Lipinski definition) is 4. The van der Waals surface area contributed by atoms with Crippen molar-refractivity contribution in [2.75, 3.05) is 13.1 Å². The Labute approximate surface area is 161 Å². The number of alkyl halides is 6. The third kappa shape index (κ3) is 6.10. The molecule has 28 heavy (non-hydrogen) atoms. The Morgan fingerprint density at radius 1 is 0.786 bits per heavy atom. The van der Waals surface area contributed by atoms with Crippen LogP contribution in [0.2, 0.25) is 0 Å². The molecule has 0 amide bonds. The molecule has 2 aromatic rings. The Balaban J connectivity index is 0.00000280. The second-order valence-corrected chi connectivity index (χ2v) is 5.68. The van der Waals surface area contributed by atoms with Gasteiger partial charge in [-0.3, -0.25) is 0 Å². The molecule has 3 rings (SSSR count). The van der Waals surface area contributed by atoms with Gasteiger partial charge in [0.2, 0.25) is 0 Å². The van der Waals surface area contributed by atoms with Gasteiger partial charge in [-0.2, -0.15) is 0 Å². The lowest BCUT2D eigenvalue weighted by Gasteiger charge is -2.28. The summed E-state index contributed by atoms with van der Waals surface area (Å²) in [7, 11) is 0. The monoisotopic (exact) mass is 429 g/mol. The van der Waals surface area contributed by atoms with Crippen molar-refractivity contribution >= 4 is 12.4 Å². The van der Waals surface area contributed by atoms with Crippen molar-refractivity contribution in [2.24, 2.45) is 0 Å². The van der Waals surface area contributed by atoms with Gasteiger partial charge in [0, 0.05) is 13.1 Å². The summed E-state index contributed by atoms with van der Waals surface area (Å²) < 4.78 is 88.5. The van der Waals surface area contributed by atoms with Crippen molar-refractivity contribution < 1.29 is 40.6 Å². The van der Waals surface area contributed by atoms with Crippen LogP contribution in [0.1, 0.15) is 0 Å². The van der Waals surface area contributed by atoms with Crippen molar-refractivity contribution in [2.45, 2.75) is 18.8 Å². The van der Waals surface area contributed by atoms with Crippen LogP contribution in [0, 0.1) is 0 Å². The molecule has 1 aliphatic heterocycles. The highest BCUT2D eigenvalue weighted by Gasteiger charge is 2.34. The number of halogens is 7. The van der Waals surface area contributed by atoms with Gasteiger partial charge in [0.25, 0.3) is 0 Å². The Morgan fingerprint density at radius 2 is 1.43 bits per heavy atom. The first-order chi connectivity index (χ1) is 12.6. The third-order valence-electron chi connectivity index (χ3n) is 3.61. The van der Waals surface area contributed by atoms with E-state index in [-0.39, 0.29) is 35.4 Å². The van der Waals surface area contributed by atoms with Gasteiger partial charge in [0.15, 0.2) is 11.5 Å². The molecule has 0 unspecified atom stereocenters. The van der Waals surface area contributed by atoms with Crippen LogP contribution in [0.25, 0.3) is 11.1 Å². The Hall–Kier alpha value is -2.33. The minimum Gasteiger partial charge on any atom is -0.484 e. The average molecular weight is 430 g/mol. The van der Waals surface area contributed by atoms with Gasteiger partial charge in [0.1, 0.15) is 11.9 Å². The average Bonchev–Trinajstić information content (AvgIpc) is 2.49.